The molecule has 0 N–H and O–H groups in total. The quantitative estimate of drug-likeness (QED) is 0.423. The Balaban J connectivity index is 1.53. The van der Waals surface area contributed by atoms with Crippen molar-refractivity contribution in [3.8, 4) is 28.1 Å². The number of aryl methyl sites for hydroxylation is 2. The summed E-state index contributed by atoms with van der Waals surface area (Å²) in [6.07, 6.45) is 0. The van der Waals surface area contributed by atoms with Gasteiger partial charge in [-0.05, 0) is 37.6 Å². The summed E-state index contributed by atoms with van der Waals surface area (Å²) in [5.74, 6) is 1.46. The number of amides is 1. The Morgan fingerprint density at radius 3 is 2.68 bits per heavy atom. The molecule has 2 aliphatic rings. The average Bonchev–Trinajstić information content (AvgIpc) is 3.44. The van der Waals surface area contributed by atoms with Crippen LogP contribution in [-0.4, -0.2) is 52.0 Å². The number of rotatable bonds is 3. The van der Waals surface area contributed by atoms with E-state index < -0.39 is 0 Å². The van der Waals surface area contributed by atoms with Crippen molar-refractivity contribution in [2.24, 2.45) is 0 Å². The molecule has 0 spiro atoms. The van der Waals surface area contributed by atoms with Crippen LogP contribution < -0.4 is 0 Å². The summed E-state index contributed by atoms with van der Waals surface area (Å²) in [6, 6.07) is 16.5. The van der Waals surface area contributed by atoms with E-state index in [2.05, 4.69) is 35.5 Å². The maximum Gasteiger partial charge on any atom is 0.274 e. The molecular formula is C26H24N4O3S. The number of fused-ring (bicyclic) bond motifs is 3. The van der Waals surface area contributed by atoms with E-state index in [1.807, 2.05) is 41.6 Å². The van der Waals surface area contributed by atoms with Gasteiger partial charge in [0.15, 0.2) is 5.69 Å². The summed E-state index contributed by atoms with van der Waals surface area (Å²) in [4.78, 5) is 16.6. The first-order chi connectivity index (χ1) is 16.6. The molecule has 0 bridgehead atoms. The van der Waals surface area contributed by atoms with Crippen molar-refractivity contribution in [2.45, 2.75) is 24.5 Å². The number of morpholine rings is 1. The number of hydrogen-bond donors (Lipinski definition) is 0. The third kappa shape index (κ3) is 3.45. The Morgan fingerprint density at radius 1 is 1.06 bits per heavy atom. The van der Waals surface area contributed by atoms with Crippen molar-refractivity contribution in [3.63, 3.8) is 0 Å². The number of aromatic nitrogens is 3. The second-order valence-electron chi connectivity index (χ2n) is 8.53. The van der Waals surface area contributed by atoms with Gasteiger partial charge in [0.25, 0.3) is 5.91 Å². The lowest BCUT2D eigenvalue weighted by molar-refractivity contribution is 0.0298. The van der Waals surface area contributed by atoms with Gasteiger partial charge in [0.2, 0.25) is 0 Å². The summed E-state index contributed by atoms with van der Waals surface area (Å²) in [5.41, 5.74) is 7.36. The molecule has 8 heteroatoms. The lowest BCUT2D eigenvalue weighted by Crippen LogP contribution is -2.41. The third-order valence-corrected chi connectivity index (χ3v) is 7.51. The first-order valence-electron chi connectivity index (χ1n) is 11.4. The molecule has 1 saturated heterocycles. The lowest BCUT2D eigenvalue weighted by Gasteiger charge is -2.26. The molecule has 4 heterocycles. The fourth-order valence-corrected chi connectivity index (χ4v) is 5.83. The van der Waals surface area contributed by atoms with Gasteiger partial charge in [0.1, 0.15) is 5.76 Å². The first kappa shape index (κ1) is 21.2. The topological polar surface area (TPSA) is 73.4 Å². The van der Waals surface area contributed by atoms with Crippen LogP contribution in [0.4, 0.5) is 0 Å². The number of carbonyl (C=O) groups excluding carboxylic acids is 1. The van der Waals surface area contributed by atoms with E-state index in [4.69, 9.17) is 14.4 Å². The molecule has 1 fully saturated rings. The highest BCUT2D eigenvalue weighted by molar-refractivity contribution is 7.98. The highest BCUT2D eigenvalue weighted by Gasteiger charge is 2.32. The van der Waals surface area contributed by atoms with Gasteiger partial charge in [-0.15, -0.1) is 11.8 Å². The molecule has 7 nitrogen and oxygen atoms in total. The van der Waals surface area contributed by atoms with Gasteiger partial charge in [0.05, 0.1) is 30.3 Å². The third-order valence-electron chi connectivity index (χ3n) is 6.41. The summed E-state index contributed by atoms with van der Waals surface area (Å²) in [6.45, 7) is 6.17. The zero-order chi connectivity index (χ0) is 23.2. The smallest absolute Gasteiger partial charge is 0.274 e. The van der Waals surface area contributed by atoms with Crippen LogP contribution in [0.15, 0.2) is 57.9 Å². The van der Waals surface area contributed by atoms with E-state index in [1.54, 1.807) is 11.8 Å². The monoisotopic (exact) mass is 472 g/mol. The van der Waals surface area contributed by atoms with Gasteiger partial charge in [-0.25, -0.2) is 4.68 Å². The van der Waals surface area contributed by atoms with Crippen molar-refractivity contribution >= 4 is 17.7 Å². The van der Waals surface area contributed by atoms with Crippen LogP contribution >= 0.6 is 11.8 Å². The predicted octanol–water partition coefficient (Wildman–Crippen LogP) is 4.89. The average molecular weight is 473 g/mol. The Bertz CT molecular complexity index is 1380. The molecular weight excluding hydrogens is 448 g/mol. The molecule has 172 valence electrons. The van der Waals surface area contributed by atoms with E-state index in [9.17, 15) is 4.79 Å². The van der Waals surface area contributed by atoms with Gasteiger partial charge in [0, 0.05) is 40.4 Å². The fourth-order valence-electron chi connectivity index (χ4n) is 4.76. The zero-order valence-electron chi connectivity index (χ0n) is 19.1. The largest absolute Gasteiger partial charge is 0.378 e. The molecule has 2 aromatic carbocycles. The standard InChI is InChI=1S/C26H24N4O3S/c1-16-23(17(2)33-28-16)18-6-5-7-19(14-18)30-25-20-8-3-4-9-22(20)34-15-21(25)24(27-30)26(31)29-10-12-32-13-11-29/h3-9,14H,10-13,15H2,1-2H3. The van der Waals surface area contributed by atoms with Gasteiger partial charge < -0.3 is 14.2 Å². The summed E-state index contributed by atoms with van der Waals surface area (Å²) < 4.78 is 12.8. The molecule has 0 radical (unpaired) electrons. The number of ether oxygens (including phenoxy) is 1. The van der Waals surface area contributed by atoms with Crippen LogP contribution in [-0.2, 0) is 10.5 Å². The molecule has 1 amide bonds. The fraction of sp³-hybridized carbons (Fsp3) is 0.269. The molecule has 0 unspecified atom stereocenters. The Kier molecular flexibility index (Phi) is 5.27. The van der Waals surface area contributed by atoms with Gasteiger partial charge in [-0.3, -0.25) is 4.79 Å². The number of benzene rings is 2. The zero-order valence-corrected chi connectivity index (χ0v) is 19.9. The Labute approximate surface area is 201 Å². The Hall–Kier alpha value is -3.36. The van der Waals surface area contributed by atoms with Crippen molar-refractivity contribution in [2.75, 3.05) is 26.3 Å². The van der Waals surface area contributed by atoms with Gasteiger partial charge >= 0.3 is 0 Å². The lowest BCUT2D eigenvalue weighted by atomic mass is 10.0. The highest BCUT2D eigenvalue weighted by Crippen LogP contribution is 2.44. The van der Waals surface area contributed by atoms with Crippen LogP contribution in [0.5, 0.6) is 0 Å². The van der Waals surface area contributed by atoms with Crippen LogP contribution in [0.2, 0.25) is 0 Å². The normalized spacial score (nSPS) is 15.2. The van der Waals surface area contributed by atoms with Crippen molar-refractivity contribution < 1.29 is 14.1 Å². The first-order valence-corrected chi connectivity index (χ1v) is 12.3. The molecule has 0 aliphatic carbocycles. The van der Waals surface area contributed by atoms with Crippen molar-refractivity contribution in [3.05, 3.63) is 71.2 Å². The van der Waals surface area contributed by atoms with E-state index >= 15 is 0 Å². The SMILES string of the molecule is Cc1noc(C)c1-c1cccc(-n2nc(C(=O)N3CCOCC3)c3c2-c2ccccc2SC3)c1. The van der Waals surface area contributed by atoms with Crippen molar-refractivity contribution in [1.82, 2.24) is 19.8 Å². The molecule has 4 aromatic rings. The van der Waals surface area contributed by atoms with Crippen LogP contribution in [0, 0.1) is 13.8 Å². The molecule has 2 aromatic heterocycles. The van der Waals surface area contributed by atoms with E-state index in [0.29, 0.717) is 37.8 Å². The number of hydrogen-bond acceptors (Lipinski definition) is 6. The summed E-state index contributed by atoms with van der Waals surface area (Å²) >= 11 is 1.75. The highest BCUT2D eigenvalue weighted by atomic mass is 32.2. The van der Waals surface area contributed by atoms with Crippen molar-refractivity contribution in [1.29, 1.82) is 0 Å². The molecule has 0 saturated carbocycles. The number of nitrogens with zero attached hydrogens (tertiary/aromatic N) is 4. The minimum absolute atomic E-state index is 0.0276. The number of carbonyl (C=O) groups is 1. The van der Waals surface area contributed by atoms with Crippen LogP contribution in [0.1, 0.15) is 27.5 Å². The number of thioether (sulfide) groups is 1. The minimum Gasteiger partial charge on any atom is -0.378 e. The van der Waals surface area contributed by atoms with Gasteiger partial charge in [-0.2, -0.15) is 5.10 Å². The molecule has 34 heavy (non-hydrogen) atoms. The molecule has 0 atom stereocenters. The van der Waals surface area contributed by atoms with Gasteiger partial charge in [-0.1, -0.05) is 35.5 Å². The maximum atomic E-state index is 13.5. The van der Waals surface area contributed by atoms with E-state index in [1.165, 1.54) is 4.90 Å². The second kappa shape index (κ2) is 8.45. The van der Waals surface area contributed by atoms with E-state index in [-0.39, 0.29) is 5.91 Å². The van der Waals surface area contributed by atoms with Crippen LogP contribution in [0.25, 0.3) is 28.1 Å². The second-order valence-corrected chi connectivity index (χ2v) is 9.54. The molecule has 6 rings (SSSR count). The Morgan fingerprint density at radius 2 is 1.88 bits per heavy atom. The maximum absolute atomic E-state index is 13.5. The minimum atomic E-state index is -0.0276. The molecule has 2 aliphatic heterocycles. The summed E-state index contributed by atoms with van der Waals surface area (Å²) in [5, 5.41) is 9.05. The van der Waals surface area contributed by atoms with Crippen LogP contribution in [0.3, 0.4) is 0 Å². The predicted molar refractivity (Wildman–Crippen MR) is 130 cm³/mol. The summed E-state index contributed by atoms with van der Waals surface area (Å²) in [7, 11) is 0. The van der Waals surface area contributed by atoms with E-state index in [0.717, 1.165) is 45.1 Å².